The van der Waals surface area contributed by atoms with E-state index in [0.29, 0.717) is 6.04 Å². The number of nitrogens with zero attached hydrogens (tertiary/aromatic N) is 1. The van der Waals surface area contributed by atoms with E-state index in [-0.39, 0.29) is 0 Å². The molecule has 1 aliphatic rings. The van der Waals surface area contributed by atoms with E-state index in [1.807, 2.05) is 0 Å². The molecule has 0 aliphatic carbocycles. The number of nitrogens with one attached hydrogen (secondary N) is 1. The summed E-state index contributed by atoms with van der Waals surface area (Å²) in [4.78, 5) is 2.80. The lowest BCUT2D eigenvalue weighted by molar-refractivity contribution is 0.0965. The zero-order valence-corrected chi connectivity index (χ0v) is 14.6. The Labute approximate surface area is 127 Å². The highest BCUT2D eigenvalue weighted by Crippen LogP contribution is 2.20. The molecule has 1 fully saturated rings. The molecular weight excluding hydrogens is 244 g/mol. The van der Waals surface area contributed by atoms with Crippen molar-refractivity contribution in [2.24, 2.45) is 11.8 Å². The minimum absolute atomic E-state index is 0.710. The maximum Gasteiger partial charge on any atom is 0.0218 e. The third-order valence-corrected chi connectivity index (χ3v) is 4.88. The fraction of sp³-hybridized carbons (Fsp3) is 1.00. The van der Waals surface area contributed by atoms with Crippen LogP contribution in [0.5, 0.6) is 0 Å². The van der Waals surface area contributed by atoms with Gasteiger partial charge >= 0.3 is 0 Å². The molecule has 0 aromatic carbocycles. The average molecular weight is 283 g/mol. The summed E-state index contributed by atoms with van der Waals surface area (Å²) in [6.45, 7) is 15.5. The van der Waals surface area contributed by atoms with Crippen molar-refractivity contribution < 1.29 is 0 Å². The molecule has 0 saturated carbocycles. The fourth-order valence-corrected chi connectivity index (χ4v) is 3.53. The highest BCUT2D eigenvalue weighted by molar-refractivity contribution is 4.87. The summed E-state index contributed by atoms with van der Waals surface area (Å²) in [6, 6.07) is 1.47. The van der Waals surface area contributed by atoms with E-state index >= 15 is 0 Å². The van der Waals surface area contributed by atoms with Crippen molar-refractivity contribution in [2.45, 2.75) is 85.2 Å². The number of hydrogen-bond donors (Lipinski definition) is 1. The Balaban J connectivity index is 2.51. The molecule has 1 saturated heterocycles. The molecule has 0 bridgehead atoms. The van der Waals surface area contributed by atoms with Gasteiger partial charge in [0.2, 0.25) is 0 Å². The van der Waals surface area contributed by atoms with E-state index in [9.17, 15) is 0 Å². The summed E-state index contributed by atoms with van der Waals surface area (Å²) in [6.07, 6.45) is 8.10. The standard InChI is InChI=1S/C18H38N2/c1-6-9-10-16(7-2)13-20-14-17(11-15(4)5)19-12-18(20)8-3/h15-19H,6-14H2,1-5H3. The van der Waals surface area contributed by atoms with Crippen molar-refractivity contribution >= 4 is 0 Å². The van der Waals surface area contributed by atoms with Gasteiger partial charge in [-0.3, -0.25) is 4.90 Å². The van der Waals surface area contributed by atoms with E-state index in [1.54, 1.807) is 0 Å². The van der Waals surface area contributed by atoms with Crippen LogP contribution in [0, 0.1) is 11.8 Å². The van der Waals surface area contributed by atoms with Crippen LogP contribution in [0.4, 0.5) is 0 Å². The predicted octanol–water partition coefficient (Wildman–Crippen LogP) is 4.30. The molecule has 2 nitrogen and oxygen atoms in total. The first-order valence-electron chi connectivity index (χ1n) is 9.07. The highest BCUT2D eigenvalue weighted by Gasteiger charge is 2.28. The van der Waals surface area contributed by atoms with Gasteiger partial charge in [-0.2, -0.15) is 0 Å². The maximum atomic E-state index is 3.77. The lowest BCUT2D eigenvalue weighted by Crippen LogP contribution is -2.57. The molecule has 0 spiro atoms. The molecule has 1 N–H and O–H groups in total. The first kappa shape index (κ1) is 18.0. The molecule has 3 unspecified atom stereocenters. The van der Waals surface area contributed by atoms with Crippen LogP contribution in [-0.4, -0.2) is 36.6 Å². The van der Waals surface area contributed by atoms with E-state index in [2.05, 4.69) is 44.8 Å². The van der Waals surface area contributed by atoms with Crippen LogP contribution in [0.3, 0.4) is 0 Å². The number of rotatable bonds is 9. The van der Waals surface area contributed by atoms with Crippen LogP contribution in [0.1, 0.15) is 73.1 Å². The quantitative estimate of drug-likeness (QED) is 0.678. The summed E-state index contributed by atoms with van der Waals surface area (Å²) >= 11 is 0. The normalized spacial score (nSPS) is 26.1. The summed E-state index contributed by atoms with van der Waals surface area (Å²) in [5.74, 6) is 1.70. The van der Waals surface area contributed by atoms with Crippen LogP contribution >= 0.6 is 0 Å². The SMILES string of the molecule is CCCCC(CC)CN1CC(CC(C)C)NCC1CC. The Morgan fingerprint density at radius 2 is 1.95 bits per heavy atom. The molecular formula is C18H38N2. The van der Waals surface area contributed by atoms with Gasteiger partial charge < -0.3 is 5.32 Å². The second kappa shape index (κ2) is 9.78. The van der Waals surface area contributed by atoms with Crippen molar-refractivity contribution in [2.75, 3.05) is 19.6 Å². The molecule has 1 aliphatic heterocycles. The van der Waals surface area contributed by atoms with Crippen LogP contribution < -0.4 is 5.32 Å². The topological polar surface area (TPSA) is 15.3 Å². The minimum atomic E-state index is 0.710. The predicted molar refractivity (Wildman–Crippen MR) is 90.2 cm³/mol. The Morgan fingerprint density at radius 1 is 1.20 bits per heavy atom. The smallest absolute Gasteiger partial charge is 0.0218 e. The van der Waals surface area contributed by atoms with Gasteiger partial charge in [-0.15, -0.1) is 0 Å². The molecule has 2 heteroatoms. The summed E-state index contributed by atoms with van der Waals surface area (Å²) in [5.41, 5.74) is 0. The van der Waals surface area contributed by atoms with Gasteiger partial charge in [0.1, 0.15) is 0 Å². The molecule has 3 atom stereocenters. The summed E-state index contributed by atoms with van der Waals surface area (Å²) in [5, 5.41) is 3.77. The second-order valence-electron chi connectivity index (χ2n) is 7.17. The van der Waals surface area contributed by atoms with E-state index < -0.39 is 0 Å². The van der Waals surface area contributed by atoms with Crippen LogP contribution in [0.25, 0.3) is 0 Å². The molecule has 0 aromatic heterocycles. The minimum Gasteiger partial charge on any atom is -0.311 e. The number of hydrogen-bond acceptors (Lipinski definition) is 2. The van der Waals surface area contributed by atoms with Gasteiger partial charge in [0, 0.05) is 31.7 Å². The van der Waals surface area contributed by atoms with E-state index in [1.165, 1.54) is 58.2 Å². The monoisotopic (exact) mass is 282 g/mol. The van der Waals surface area contributed by atoms with Gasteiger partial charge in [0.05, 0.1) is 0 Å². The van der Waals surface area contributed by atoms with Crippen molar-refractivity contribution in [1.29, 1.82) is 0 Å². The third-order valence-electron chi connectivity index (χ3n) is 4.88. The van der Waals surface area contributed by atoms with Crippen molar-refractivity contribution in [3.8, 4) is 0 Å². The molecule has 0 aromatic rings. The first-order valence-corrected chi connectivity index (χ1v) is 9.07. The van der Waals surface area contributed by atoms with E-state index in [0.717, 1.165) is 17.9 Å². The molecule has 0 radical (unpaired) electrons. The second-order valence-corrected chi connectivity index (χ2v) is 7.17. The van der Waals surface area contributed by atoms with Crippen molar-refractivity contribution in [1.82, 2.24) is 10.2 Å². The Bertz CT molecular complexity index is 240. The Morgan fingerprint density at radius 3 is 2.50 bits per heavy atom. The lowest BCUT2D eigenvalue weighted by atomic mass is 9.94. The highest BCUT2D eigenvalue weighted by atomic mass is 15.2. The van der Waals surface area contributed by atoms with Gasteiger partial charge in [0.15, 0.2) is 0 Å². The largest absolute Gasteiger partial charge is 0.311 e. The Hall–Kier alpha value is -0.0800. The number of piperazine rings is 1. The third kappa shape index (κ3) is 6.13. The van der Waals surface area contributed by atoms with Gasteiger partial charge in [-0.25, -0.2) is 0 Å². The van der Waals surface area contributed by atoms with Crippen LogP contribution in [-0.2, 0) is 0 Å². The zero-order valence-electron chi connectivity index (χ0n) is 14.6. The van der Waals surface area contributed by atoms with E-state index in [4.69, 9.17) is 0 Å². The van der Waals surface area contributed by atoms with Crippen LogP contribution in [0.15, 0.2) is 0 Å². The molecule has 1 heterocycles. The zero-order chi connectivity index (χ0) is 15.0. The van der Waals surface area contributed by atoms with Crippen LogP contribution in [0.2, 0.25) is 0 Å². The molecule has 0 amide bonds. The lowest BCUT2D eigenvalue weighted by Gasteiger charge is -2.42. The van der Waals surface area contributed by atoms with Gasteiger partial charge in [-0.05, 0) is 31.1 Å². The van der Waals surface area contributed by atoms with Crippen molar-refractivity contribution in [3.63, 3.8) is 0 Å². The molecule has 1 rings (SSSR count). The Kier molecular flexibility index (Phi) is 8.79. The average Bonchev–Trinajstić information content (AvgIpc) is 2.43. The van der Waals surface area contributed by atoms with Gasteiger partial charge in [-0.1, -0.05) is 53.9 Å². The fourth-order valence-electron chi connectivity index (χ4n) is 3.53. The maximum absolute atomic E-state index is 3.77. The van der Waals surface area contributed by atoms with Gasteiger partial charge in [0.25, 0.3) is 0 Å². The first-order chi connectivity index (χ1) is 9.60. The molecule has 20 heavy (non-hydrogen) atoms. The summed E-state index contributed by atoms with van der Waals surface area (Å²) < 4.78 is 0. The van der Waals surface area contributed by atoms with Crippen molar-refractivity contribution in [3.05, 3.63) is 0 Å². The molecule has 120 valence electrons. The summed E-state index contributed by atoms with van der Waals surface area (Å²) in [7, 11) is 0. The number of unbranched alkanes of at least 4 members (excludes halogenated alkanes) is 1.